The summed E-state index contributed by atoms with van der Waals surface area (Å²) in [6.07, 6.45) is 9.97. The monoisotopic (exact) mass is 371 g/mol. The highest BCUT2D eigenvalue weighted by molar-refractivity contribution is 5.99. The number of rotatable bonds is 5. The molecule has 4 aromatic heterocycles. The van der Waals surface area contributed by atoms with Crippen molar-refractivity contribution in [2.45, 2.75) is 0 Å². The van der Waals surface area contributed by atoms with Crippen molar-refractivity contribution in [1.29, 1.82) is 0 Å². The van der Waals surface area contributed by atoms with E-state index < -0.39 is 0 Å². The summed E-state index contributed by atoms with van der Waals surface area (Å²) in [6.45, 7) is 3.46. The number of methoxy groups -OCH3 is 1. The molecule has 1 amide bonds. The van der Waals surface area contributed by atoms with Gasteiger partial charge in [0.05, 0.1) is 19.0 Å². The van der Waals surface area contributed by atoms with Crippen molar-refractivity contribution in [2.75, 3.05) is 12.4 Å². The Labute approximate surface area is 161 Å². The smallest absolute Gasteiger partial charge is 0.247 e. The van der Waals surface area contributed by atoms with Crippen LogP contribution < -0.4 is 10.1 Å². The van der Waals surface area contributed by atoms with Gasteiger partial charge in [0.2, 0.25) is 11.8 Å². The van der Waals surface area contributed by atoms with Crippen LogP contribution in [0.3, 0.4) is 0 Å². The number of ether oxygens (including phenoxy) is 1. The van der Waals surface area contributed by atoms with Crippen LogP contribution in [0.2, 0.25) is 0 Å². The lowest BCUT2D eigenvalue weighted by Crippen LogP contribution is -2.07. The summed E-state index contributed by atoms with van der Waals surface area (Å²) >= 11 is 0. The predicted molar refractivity (Wildman–Crippen MR) is 108 cm³/mol. The lowest BCUT2D eigenvalue weighted by atomic mass is 10.0. The largest absolute Gasteiger partial charge is 0.481 e. The second-order valence-corrected chi connectivity index (χ2v) is 6.07. The van der Waals surface area contributed by atoms with Crippen molar-refractivity contribution in [1.82, 2.24) is 19.9 Å². The number of carbonyl (C=O) groups excluding carboxylic acids is 1. The zero-order chi connectivity index (χ0) is 19.5. The Balaban J connectivity index is 1.74. The first-order valence-electron chi connectivity index (χ1n) is 8.54. The molecular formula is C21H17N5O2. The number of fused-ring (bicyclic) bond motifs is 1. The standard InChI is InChI=1S/C21H17N5O2/c1-3-19(27)26-16-6-14(8-22-11-16)15-7-17-18(12-25-21(17)24-10-15)13-4-5-20(28-2)23-9-13/h3-12H,1H2,2H3,(H,24,25)(H,26,27). The normalized spacial score (nSPS) is 10.6. The number of aromatic nitrogens is 4. The number of H-pyrrole nitrogens is 1. The van der Waals surface area contributed by atoms with E-state index in [1.54, 1.807) is 31.9 Å². The SMILES string of the molecule is C=CC(=O)Nc1cncc(-c2cnc3[nH]cc(-c4ccc(OC)nc4)c3c2)c1. The molecule has 4 aromatic rings. The van der Waals surface area contributed by atoms with Gasteiger partial charge in [0, 0.05) is 58.5 Å². The first-order valence-corrected chi connectivity index (χ1v) is 8.54. The van der Waals surface area contributed by atoms with E-state index in [4.69, 9.17) is 4.74 Å². The average Bonchev–Trinajstić information content (AvgIpc) is 3.17. The molecule has 0 aliphatic carbocycles. The fraction of sp³-hybridized carbons (Fsp3) is 0.0476. The zero-order valence-electron chi connectivity index (χ0n) is 15.1. The second kappa shape index (κ2) is 7.32. The number of amides is 1. The third-order valence-corrected chi connectivity index (χ3v) is 4.31. The van der Waals surface area contributed by atoms with E-state index in [-0.39, 0.29) is 5.91 Å². The van der Waals surface area contributed by atoms with Gasteiger partial charge in [0.1, 0.15) is 5.65 Å². The maximum absolute atomic E-state index is 11.5. The molecule has 0 bridgehead atoms. The molecule has 0 unspecified atom stereocenters. The molecule has 4 heterocycles. The summed E-state index contributed by atoms with van der Waals surface area (Å²) in [5, 5.41) is 3.68. The van der Waals surface area contributed by atoms with Gasteiger partial charge in [-0.15, -0.1) is 0 Å². The molecule has 28 heavy (non-hydrogen) atoms. The van der Waals surface area contributed by atoms with Crippen molar-refractivity contribution in [3.8, 4) is 28.1 Å². The van der Waals surface area contributed by atoms with Crippen molar-refractivity contribution >= 4 is 22.6 Å². The van der Waals surface area contributed by atoms with Gasteiger partial charge in [0.15, 0.2) is 0 Å². The van der Waals surface area contributed by atoms with Crippen molar-refractivity contribution in [3.05, 3.63) is 67.9 Å². The molecule has 0 fully saturated rings. The Bertz CT molecular complexity index is 1170. The molecule has 4 rings (SSSR count). The van der Waals surface area contributed by atoms with E-state index in [2.05, 4.69) is 31.8 Å². The molecule has 0 atom stereocenters. The Hall–Kier alpha value is -4.00. The zero-order valence-corrected chi connectivity index (χ0v) is 15.1. The molecule has 0 aromatic carbocycles. The van der Waals surface area contributed by atoms with Gasteiger partial charge in [-0.2, -0.15) is 0 Å². The van der Waals surface area contributed by atoms with Crippen LogP contribution in [-0.2, 0) is 4.79 Å². The Morgan fingerprint density at radius 2 is 1.93 bits per heavy atom. The lowest BCUT2D eigenvalue weighted by Gasteiger charge is -2.06. The summed E-state index contributed by atoms with van der Waals surface area (Å²) in [6, 6.07) is 7.66. The topological polar surface area (TPSA) is 92.8 Å². The minimum absolute atomic E-state index is 0.285. The Morgan fingerprint density at radius 3 is 2.68 bits per heavy atom. The van der Waals surface area contributed by atoms with E-state index in [1.807, 2.05) is 30.5 Å². The second-order valence-electron chi connectivity index (χ2n) is 6.07. The highest BCUT2D eigenvalue weighted by Crippen LogP contribution is 2.31. The number of anilines is 1. The minimum Gasteiger partial charge on any atom is -0.481 e. The number of aromatic amines is 1. The van der Waals surface area contributed by atoms with Gasteiger partial charge in [-0.05, 0) is 24.3 Å². The third-order valence-electron chi connectivity index (χ3n) is 4.31. The molecular weight excluding hydrogens is 354 g/mol. The number of pyridine rings is 3. The molecule has 0 saturated heterocycles. The molecule has 0 aliphatic heterocycles. The van der Waals surface area contributed by atoms with Crippen LogP contribution in [0, 0.1) is 0 Å². The van der Waals surface area contributed by atoms with Gasteiger partial charge >= 0.3 is 0 Å². The predicted octanol–water partition coefficient (Wildman–Crippen LogP) is 3.82. The number of hydrogen-bond donors (Lipinski definition) is 2. The van der Waals surface area contributed by atoms with Crippen LogP contribution in [-0.4, -0.2) is 33.0 Å². The van der Waals surface area contributed by atoms with Crippen LogP contribution in [0.25, 0.3) is 33.3 Å². The molecule has 7 heteroatoms. The van der Waals surface area contributed by atoms with E-state index in [0.717, 1.165) is 33.3 Å². The fourth-order valence-electron chi connectivity index (χ4n) is 2.92. The summed E-state index contributed by atoms with van der Waals surface area (Å²) < 4.78 is 5.12. The Kier molecular flexibility index (Phi) is 4.55. The van der Waals surface area contributed by atoms with E-state index in [0.29, 0.717) is 11.6 Å². The lowest BCUT2D eigenvalue weighted by molar-refractivity contribution is -0.111. The molecule has 7 nitrogen and oxygen atoms in total. The maximum Gasteiger partial charge on any atom is 0.247 e. The van der Waals surface area contributed by atoms with Crippen LogP contribution >= 0.6 is 0 Å². The molecule has 0 aliphatic rings. The van der Waals surface area contributed by atoms with Crippen molar-refractivity contribution in [3.63, 3.8) is 0 Å². The first kappa shape index (κ1) is 17.4. The molecule has 138 valence electrons. The van der Waals surface area contributed by atoms with Gasteiger partial charge in [-0.25, -0.2) is 9.97 Å². The quantitative estimate of drug-likeness (QED) is 0.520. The van der Waals surface area contributed by atoms with Crippen molar-refractivity contribution in [2.24, 2.45) is 0 Å². The van der Waals surface area contributed by atoms with E-state index >= 15 is 0 Å². The van der Waals surface area contributed by atoms with Crippen LogP contribution in [0.15, 0.2) is 67.9 Å². The first-order chi connectivity index (χ1) is 13.7. The summed E-state index contributed by atoms with van der Waals surface area (Å²) in [5.41, 5.74) is 5.04. The average molecular weight is 371 g/mol. The fourth-order valence-corrected chi connectivity index (χ4v) is 2.92. The summed E-state index contributed by atoms with van der Waals surface area (Å²) in [4.78, 5) is 27.7. The van der Waals surface area contributed by atoms with Crippen LogP contribution in [0.4, 0.5) is 5.69 Å². The van der Waals surface area contributed by atoms with E-state index in [1.165, 1.54) is 6.08 Å². The minimum atomic E-state index is -0.285. The van der Waals surface area contributed by atoms with Crippen molar-refractivity contribution < 1.29 is 9.53 Å². The molecule has 0 saturated carbocycles. The number of nitrogens with zero attached hydrogens (tertiary/aromatic N) is 3. The Morgan fingerprint density at radius 1 is 1.11 bits per heavy atom. The number of nitrogens with one attached hydrogen (secondary N) is 2. The molecule has 0 radical (unpaired) electrons. The van der Waals surface area contributed by atoms with Gasteiger partial charge in [-0.3, -0.25) is 9.78 Å². The highest BCUT2D eigenvalue weighted by Gasteiger charge is 2.10. The van der Waals surface area contributed by atoms with Gasteiger partial charge in [-0.1, -0.05) is 6.58 Å². The number of hydrogen-bond acceptors (Lipinski definition) is 5. The van der Waals surface area contributed by atoms with Gasteiger partial charge < -0.3 is 15.0 Å². The van der Waals surface area contributed by atoms with E-state index in [9.17, 15) is 4.79 Å². The number of carbonyl (C=O) groups is 1. The van der Waals surface area contributed by atoms with Crippen LogP contribution in [0.1, 0.15) is 0 Å². The van der Waals surface area contributed by atoms with Crippen LogP contribution in [0.5, 0.6) is 5.88 Å². The molecule has 2 N–H and O–H groups in total. The summed E-state index contributed by atoms with van der Waals surface area (Å²) in [5.74, 6) is 0.277. The molecule has 0 spiro atoms. The van der Waals surface area contributed by atoms with Gasteiger partial charge in [0.25, 0.3) is 0 Å². The maximum atomic E-state index is 11.5. The third kappa shape index (κ3) is 3.33. The highest BCUT2D eigenvalue weighted by atomic mass is 16.5. The summed E-state index contributed by atoms with van der Waals surface area (Å²) in [7, 11) is 1.59.